The number of ether oxygens (including phenoxy) is 1. The van der Waals surface area contributed by atoms with E-state index >= 15 is 0 Å². The Hall–Kier alpha value is -3.71. The summed E-state index contributed by atoms with van der Waals surface area (Å²) >= 11 is 1.30. The maximum Gasteiger partial charge on any atom is 0.242 e. The highest BCUT2D eigenvalue weighted by molar-refractivity contribution is 8.00. The number of carbonyl (C=O) groups is 1. The molecule has 6 nitrogen and oxygen atoms in total. The van der Waals surface area contributed by atoms with Crippen LogP contribution < -0.4 is 15.9 Å². The Balaban J connectivity index is 1.65. The van der Waals surface area contributed by atoms with E-state index in [9.17, 15) is 4.79 Å². The molecule has 0 saturated heterocycles. The number of imidazole rings is 1. The number of hydrogen-bond acceptors (Lipinski definition) is 5. The van der Waals surface area contributed by atoms with Gasteiger partial charge >= 0.3 is 0 Å². The third-order valence-electron chi connectivity index (χ3n) is 4.94. The van der Waals surface area contributed by atoms with E-state index in [-0.39, 0.29) is 5.91 Å². The summed E-state index contributed by atoms with van der Waals surface area (Å²) in [6.07, 6.45) is 1.77. The molecule has 1 heterocycles. The Morgan fingerprint density at radius 2 is 1.75 bits per heavy atom. The van der Waals surface area contributed by atoms with E-state index in [0.717, 1.165) is 22.4 Å². The molecule has 3 aromatic carbocycles. The number of carbonyl (C=O) groups excluding carboxylic acids is 1. The molecule has 7 heteroatoms. The minimum absolute atomic E-state index is 0.186. The van der Waals surface area contributed by atoms with E-state index in [1.165, 1.54) is 16.4 Å². The van der Waals surface area contributed by atoms with Crippen LogP contribution in [0.4, 0.5) is 5.69 Å². The molecule has 32 heavy (non-hydrogen) atoms. The number of nitrogen functional groups attached to an aromatic ring is 1. The normalized spacial score (nSPS) is 11.7. The molecule has 0 aliphatic carbocycles. The minimum atomic E-state index is -0.560. The lowest BCUT2D eigenvalue weighted by molar-refractivity contribution is -0.115. The number of nitrogens with two attached hydrogens (primary N) is 1. The third-order valence-corrected chi connectivity index (χ3v) is 6.18. The average molecular weight is 445 g/mol. The number of aromatic nitrogens is 2. The van der Waals surface area contributed by atoms with Crippen molar-refractivity contribution < 1.29 is 9.53 Å². The predicted octanol–water partition coefficient (Wildman–Crippen LogP) is 5.05. The molecular formula is C25H24N4O2S. The molecule has 1 amide bonds. The maximum absolute atomic E-state index is 13.4. The van der Waals surface area contributed by atoms with Crippen molar-refractivity contribution in [3.05, 3.63) is 96.2 Å². The predicted molar refractivity (Wildman–Crippen MR) is 129 cm³/mol. The van der Waals surface area contributed by atoms with Gasteiger partial charge in [0.15, 0.2) is 5.16 Å². The van der Waals surface area contributed by atoms with E-state index in [1.807, 2.05) is 85.8 Å². The fourth-order valence-electron chi connectivity index (χ4n) is 3.34. The van der Waals surface area contributed by atoms with Crippen LogP contribution in [0.15, 0.2) is 90.2 Å². The van der Waals surface area contributed by atoms with Crippen molar-refractivity contribution in [3.63, 3.8) is 0 Å². The van der Waals surface area contributed by atoms with E-state index in [0.29, 0.717) is 16.6 Å². The van der Waals surface area contributed by atoms with Crippen molar-refractivity contribution in [2.24, 2.45) is 0 Å². The number of nitrogens with zero attached hydrogens (tertiary/aromatic N) is 2. The molecule has 0 aliphatic heterocycles. The van der Waals surface area contributed by atoms with E-state index < -0.39 is 5.25 Å². The van der Waals surface area contributed by atoms with Crippen LogP contribution in [0.1, 0.15) is 16.4 Å². The highest BCUT2D eigenvalue weighted by atomic mass is 32.2. The molecule has 4 aromatic rings. The number of rotatable bonds is 7. The monoisotopic (exact) mass is 444 g/mol. The minimum Gasteiger partial charge on any atom is -0.495 e. The number of anilines is 1. The van der Waals surface area contributed by atoms with Gasteiger partial charge in [-0.05, 0) is 30.2 Å². The zero-order valence-corrected chi connectivity index (χ0v) is 18.7. The van der Waals surface area contributed by atoms with E-state index in [1.54, 1.807) is 13.3 Å². The number of nitrogens with one attached hydrogen (secondary N) is 1. The Bertz CT molecular complexity index is 1210. The zero-order valence-electron chi connectivity index (χ0n) is 17.9. The highest BCUT2D eigenvalue weighted by Gasteiger charge is 2.25. The standard InChI is InChI=1S/C25H24N4O2S/c1-17-13-14-22(31-2)20(15-17)27-24(30)23(19-11-7-4-8-12-19)32-25-28-21(16-29(25)26)18-9-5-3-6-10-18/h3-16,23H,26H2,1-2H3,(H,27,30)/t23-/m0/s1. The molecule has 0 fully saturated rings. The van der Waals surface area contributed by atoms with Crippen LogP contribution in [0.5, 0.6) is 5.75 Å². The van der Waals surface area contributed by atoms with E-state index in [4.69, 9.17) is 10.6 Å². The molecule has 1 atom stereocenters. The Morgan fingerprint density at radius 3 is 2.44 bits per heavy atom. The van der Waals surface area contributed by atoms with Crippen LogP contribution in [-0.2, 0) is 4.79 Å². The van der Waals surface area contributed by atoms with Gasteiger partial charge in [0.2, 0.25) is 5.91 Å². The first-order valence-corrected chi connectivity index (χ1v) is 11.0. The molecule has 3 N–H and O–H groups in total. The molecule has 0 saturated carbocycles. The second-order valence-corrected chi connectivity index (χ2v) is 8.36. The van der Waals surface area contributed by atoms with Gasteiger partial charge in [-0.3, -0.25) is 4.79 Å². The van der Waals surface area contributed by atoms with Crippen molar-refractivity contribution in [3.8, 4) is 17.0 Å². The van der Waals surface area contributed by atoms with Crippen molar-refractivity contribution in [2.75, 3.05) is 18.3 Å². The van der Waals surface area contributed by atoms with Crippen LogP contribution in [0.3, 0.4) is 0 Å². The van der Waals surface area contributed by atoms with Gasteiger partial charge < -0.3 is 15.9 Å². The molecule has 1 aromatic heterocycles. The molecule has 0 spiro atoms. The van der Waals surface area contributed by atoms with Crippen LogP contribution >= 0.6 is 11.8 Å². The molecule has 0 aliphatic rings. The maximum atomic E-state index is 13.4. The summed E-state index contributed by atoms with van der Waals surface area (Å²) in [5.74, 6) is 6.62. The lowest BCUT2D eigenvalue weighted by Crippen LogP contribution is -2.20. The fourth-order valence-corrected chi connectivity index (χ4v) is 4.33. The van der Waals surface area contributed by atoms with Gasteiger partial charge in [0, 0.05) is 5.56 Å². The summed E-state index contributed by atoms with van der Waals surface area (Å²) in [6, 6.07) is 25.1. The summed E-state index contributed by atoms with van der Waals surface area (Å²) in [6.45, 7) is 1.97. The molecular weight excluding hydrogens is 420 g/mol. The molecule has 0 radical (unpaired) electrons. The smallest absolute Gasteiger partial charge is 0.242 e. The van der Waals surface area contributed by atoms with Gasteiger partial charge in [-0.25, -0.2) is 9.66 Å². The van der Waals surface area contributed by atoms with Crippen molar-refractivity contribution in [2.45, 2.75) is 17.3 Å². The third kappa shape index (κ3) is 4.78. The van der Waals surface area contributed by atoms with Crippen LogP contribution in [0.25, 0.3) is 11.3 Å². The van der Waals surface area contributed by atoms with Crippen molar-refractivity contribution >= 4 is 23.4 Å². The number of thioether (sulfide) groups is 1. The van der Waals surface area contributed by atoms with Gasteiger partial charge in [-0.1, -0.05) is 78.5 Å². The summed E-state index contributed by atoms with van der Waals surface area (Å²) in [5, 5.41) is 3.00. The van der Waals surface area contributed by atoms with E-state index in [2.05, 4.69) is 10.3 Å². The first-order valence-electron chi connectivity index (χ1n) is 10.1. The lowest BCUT2D eigenvalue weighted by atomic mass is 10.1. The van der Waals surface area contributed by atoms with Gasteiger partial charge in [-0.15, -0.1) is 0 Å². The number of benzene rings is 3. The first kappa shape index (κ1) is 21.5. The largest absolute Gasteiger partial charge is 0.495 e. The number of hydrogen-bond donors (Lipinski definition) is 2. The molecule has 4 rings (SSSR count). The number of methoxy groups -OCH3 is 1. The van der Waals surface area contributed by atoms with Gasteiger partial charge in [-0.2, -0.15) is 0 Å². The highest BCUT2D eigenvalue weighted by Crippen LogP contribution is 2.37. The summed E-state index contributed by atoms with van der Waals surface area (Å²) in [5.41, 5.74) is 4.22. The van der Waals surface area contributed by atoms with Crippen LogP contribution in [-0.4, -0.2) is 22.7 Å². The Kier molecular flexibility index (Phi) is 6.47. The second-order valence-electron chi connectivity index (χ2n) is 7.28. The van der Waals surface area contributed by atoms with Crippen LogP contribution in [0, 0.1) is 6.92 Å². The van der Waals surface area contributed by atoms with Crippen molar-refractivity contribution in [1.29, 1.82) is 0 Å². The second kappa shape index (κ2) is 9.62. The SMILES string of the molecule is COc1ccc(C)cc1NC(=O)[C@@H](Sc1nc(-c2ccccc2)cn1N)c1ccccc1. The average Bonchev–Trinajstić information content (AvgIpc) is 3.19. The van der Waals surface area contributed by atoms with Gasteiger partial charge in [0.05, 0.1) is 24.7 Å². The lowest BCUT2D eigenvalue weighted by Gasteiger charge is -2.18. The van der Waals surface area contributed by atoms with Crippen LogP contribution in [0.2, 0.25) is 0 Å². The zero-order chi connectivity index (χ0) is 22.5. The summed E-state index contributed by atoms with van der Waals surface area (Å²) in [4.78, 5) is 18.1. The van der Waals surface area contributed by atoms with Gasteiger partial charge in [0.1, 0.15) is 11.0 Å². The first-order chi connectivity index (χ1) is 15.5. The van der Waals surface area contributed by atoms with Gasteiger partial charge in [0.25, 0.3) is 0 Å². The molecule has 162 valence electrons. The quantitative estimate of drug-likeness (QED) is 0.308. The number of amides is 1. The Labute approximate surface area is 191 Å². The van der Waals surface area contributed by atoms with Crippen molar-refractivity contribution in [1.82, 2.24) is 9.66 Å². The number of aryl methyl sites for hydroxylation is 1. The topological polar surface area (TPSA) is 82.2 Å². The summed E-state index contributed by atoms with van der Waals surface area (Å²) < 4.78 is 6.88. The molecule has 0 unspecified atom stereocenters. The summed E-state index contributed by atoms with van der Waals surface area (Å²) in [7, 11) is 1.58. The Morgan fingerprint density at radius 1 is 1.06 bits per heavy atom. The fraction of sp³-hybridized carbons (Fsp3) is 0.120. The molecule has 0 bridgehead atoms.